The van der Waals surface area contributed by atoms with E-state index >= 15 is 0 Å². The zero-order valence-electron chi connectivity index (χ0n) is 15.3. The second-order valence-electron chi connectivity index (χ2n) is 5.56. The third-order valence-electron chi connectivity index (χ3n) is 3.65. The van der Waals surface area contributed by atoms with Gasteiger partial charge in [-0.2, -0.15) is 0 Å². The number of esters is 1. The number of phenols is 1. The molecule has 0 spiro atoms. The minimum Gasteiger partial charge on any atom is -0.504 e. The number of ether oxygens (including phenoxy) is 2. The van der Waals surface area contributed by atoms with Gasteiger partial charge in [-0.15, -0.1) is 0 Å². The number of phenolic OH excluding ortho intramolecular Hbond substituents is 1. The predicted molar refractivity (Wildman–Crippen MR) is 102 cm³/mol. The number of carbonyl (C=O) groups is 3. The summed E-state index contributed by atoms with van der Waals surface area (Å²) in [5.74, 6) is -1.34. The van der Waals surface area contributed by atoms with Crippen molar-refractivity contribution in [3.05, 3.63) is 65.7 Å². The van der Waals surface area contributed by atoms with Crippen LogP contribution in [0.3, 0.4) is 0 Å². The van der Waals surface area contributed by atoms with Gasteiger partial charge in [0.05, 0.1) is 7.11 Å². The van der Waals surface area contributed by atoms with Crippen LogP contribution in [0.15, 0.2) is 54.6 Å². The fourth-order valence-corrected chi connectivity index (χ4v) is 2.26. The summed E-state index contributed by atoms with van der Waals surface area (Å²) < 4.78 is 10.3. The summed E-state index contributed by atoms with van der Waals surface area (Å²) >= 11 is 0. The van der Waals surface area contributed by atoms with Crippen LogP contribution in [0.5, 0.6) is 11.5 Å². The van der Waals surface area contributed by atoms with Crippen LogP contribution in [0, 0.1) is 0 Å². The van der Waals surface area contributed by atoms with Crippen LogP contribution in [0.1, 0.15) is 17.2 Å². The SMILES string of the molecule is CNC(=O)NC(=O)[C@@H](OC(=O)/C=C/c1ccc(O)c(OC)c1)c1ccccc1. The molecule has 8 heteroatoms. The fraction of sp³-hybridized carbons (Fsp3) is 0.150. The number of imide groups is 1. The van der Waals surface area contributed by atoms with E-state index in [1.165, 1.54) is 32.4 Å². The Bertz CT molecular complexity index is 880. The summed E-state index contributed by atoms with van der Waals surface area (Å²) in [4.78, 5) is 35.9. The number of urea groups is 1. The second-order valence-corrected chi connectivity index (χ2v) is 5.56. The molecular formula is C20H20N2O6. The van der Waals surface area contributed by atoms with Crippen molar-refractivity contribution in [2.24, 2.45) is 0 Å². The Morgan fingerprint density at radius 2 is 1.82 bits per heavy atom. The first-order chi connectivity index (χ1) is 13.4. The number of rotatable bonds is 6. The summed E-state index contributed by atoms with van der Waals surface area (Å²) in [6.07, 6.45) is 1.28. The normalized spacial score (nSPS) is 11.5. The molecule has 0 radical (unpaired) electrons. The lowest BCUT2D eigenvalue weighted by Gasteiger charge is -2.16. The highest BCUT2D eigenvalue weighted by molar-refractivity contribution is 5.98. The summed E-state index contributed by atoms with van der Waals surface area (Å²) in [5, 5.41) is 13.9. The molecule has 0 aromatic heterocycles. The van der Waals surface area contributed by atoms with Crippen molar-refractivity contribution in [1.29, 1.82) is 0 Å². The Labute approximate surface area is 161 Å². The number of hydrogen-bond donors (Lipinski definition) is 3. The summed E-state index contributed by atoms with van der Waals surface area (Å²) in [6.45, 7) is 0. The number of carbonyl (C=O) groups excluding carboxylic acids is 3. The van der Waals surface area contributed by atoms with E-state index in [1.54, 1.807) is 36.4 Å². The minimum absolute atomic E-state index is 0.0303. The number of methoxy groups -OCH3 is 1. The van der Waals surface area contributed by atoms with Gasteiger partial charge >= 0.3 is 12.0 Å². The van der Waals surface area contributed by atoms with Crippen molar-refractivity contribution in [3.8, 4) is 11.5 Å². The van der Waals surface area contributed by atoms with E-state index in [4.69, 9.17) is 9.47 Å². The maximum absolute atomic E-state index is 12.3. The average molecular weight is 384 g/mol. The molecule has 0 aliphatic carbocycles. The molecule has 0 fully saturated rings. The van der Waals surface area contributed by atoms with Gasteiger partial charge in [0.25, 0.3) is 5.91 Å². The monoisotopic (exact) mass is 384 g/mol. The first-order valence-corrected chi connectivity index (χ1v) is 8.27. The van der Waals surface area contributed by atoms with Gasteiger partial charge in [0, 0.05) is 18.7 Å². The molecule has 0 heterocycles. The highest BCUT2D eigenvalue weighted by Gasteiger charge is 2.25. The third-order valence-corrected chi connectivity index (χ3v) is 3.65. The van der Waals surface area contributed by atoms with Crippen molar-refractivity contribution >= 4 is 24.0 Å². The molecule has 146 valence electrons. The standard InChI is InChI=1S/C20H20N2O6/c1-21-20(26)22-19(25)18(14-6-4-3-5-7-14)28-17(24)11-9-13-8-10-15(23)16(12-13)27-2/h3-12,18,23H,1-2H3,(H2,21,22,25,26)/b11-9+/t18-/m0/s1. The Hall–Kier alpha value is -3.81. The molecule has 2 rings (SSSR count). The first-order valence-electron chi connectivity index (χ1n) is 8.27. The van der Waals surface area contributed by atoms with E-state index in [2.05, 4.69) is 10.6 Å². The topological polar surface area (TPSA) is 114 Å². The highest BCUT2D eigenvalue weighted by atomic mass is 16.5. The fourth-order valence-electron chi connectivity index (χ4n) is 2.26. The van der Waals surface area contributed by atoms with Gasteiger partial charge in [-0.3, -0.25) is 10.1 Å². The molecular weight excluding hydrogens is 364 g/mol. The van der Waals surface area contributed by atoms with E-state index in [1.807, 2.05) is 0 Å². The van der Waals surface area contributed by atoms with Gasteiger partial charge in [-0.05, 0) is 23.8 Å². The molecule has 0 saturated carbocycles. The van der Waals surface area contributed by atoms with Crippen molar-refractivity contribution in [3.63, 3.8) is 0 Å². The van der Waals surface area contributed by atoms with Crippen molar-refractivity contribution in [2.45, 2.75) is 6.10 Å². The van der Waals surface area contributed by atoms with E-state index < -0.39 is 24.0 Å². The molecule has 0 bridgehead atoms. The lowest BCUT2D eigenvalue weighted by atomic mass is 10.1. The molecule has 2 aromatic carbocycles. The van der Waals surface area contributed by atoms with Crippen LogP contribution >= 0.6 is 0 Å². The van der Waals surface area contributed by atoms with Crippen LogP contribution in [-0.4, -0.2) is 37.2 Å². The molecule has 28 heavy (non-hydrogen) atoms. The van der Waals surface area contributed by atoms with E-state index in [9.17, 15) is 19.5 Å². The Morgan fingerprint density at radius 1 is 1.11 bits per heavy atom. The quantitative estimate of drug-likeness (QED) is 0.519. The number of nitrogens with one attached hydrogen (secondary N) is 2. The zero-order valence-corrected chi connectivity index (χ0v) is 15.3. The van der Waals surface area contributed by atoms with Crippen LogP contribution in [0.25, 0.3) is 6.08 Å². The van der Waals surface area contributed by atoms with Crippen molar-refractivity contribution in [2.75, 3.05) is 14.2 Å². The van der Waals surface area contributed by atoms with Crippen LogP contribution in [-0.2, 0) is 14.3 Å². The average Bonchev–Trinajstić information content (AvgIpc) is 2.71. The second kappa shape index (κ2) is 9.77. The van der Waals surface area contributed by atoms with Crippen molar-refractivity contribution in [1.82, 2.24) is 10.6 Å². The molecule has 3 N–H and O–H groups in total. The molecule has 0 aliphatic rings. The van der Waals surface area contributed by atoms with Crippen LogP contribution in [0.4, 0.5) is 4.79 Å². The maximum atomic E-state index is 12.3. The molecule has 0 unspecified atom stereocenters. The largest absolute Gasteiger partial charge is 0.504 e. The smallest absolute Gasteiger partial charge is 0.331 e. The summed E-state index contributed by atoms with van der Waals surface area (Å²) in [5.41, 5.74) is 0.995. The van der Waals surface area contributed by atoms with E-state index in [0.29, 0.717) is 11.1 Å². The Morgan fingerprint density at radius 3 is 2.46 bits per heavy atom. The molecule has 1 atom stereocenters. The van der Waals surface area contributed by atoms with Gasteiger partial charge in [-0.1, -0.05) is 36.4 Å². The minimum atomic E-state index is -1.30. The lowest BCUT2D eigenvalue weighted by Crippen LogP contribution is -2.41. The third kappa shape index (κ3) is 5.60. The van der Waals surface area contributed by atoms with Crippen LogP contribution < -0.4 is 15.4 Å². The van der Waals surface area contributed by atoms with Crippen molar-refractivity contribution < 1.29 is 29.0 Å². The number of aromatic hydroxyl groups is 1. The van der Waals surface area contributed by atoms with Gasteiger partial charge in [0.1, 0.15) is 0 Å². The van der Waals surface area contributed by atoms with Gasteiger partial charge in [-0.25, -0.2) is 9.59 Å². The van der Waals surface area contributed by atoms with Gasteiger partial charge in [0.15, 0.2) is 11.5 Å². The van der Waals surface area contributed by atoms with E-state index in [-0.39, 0.29) is 11.5 Å². The maximum Gasteiger partial charge on any atom is 0.331 e. The number of hydrogen-bond acceptors (Lipinski definition) is 6. The van der Waals surface area contributed by atoms with E-state index in [0.717, 1.165) is 6.08 Å². The molecule has 3 amide bonds. The Balaban J connectivity index is 2.15. The summed E-state index contributed by atoms with van der Waals surface area (Å²) in [7, 11) is 2.77. The zero-order chi connectivity index (χ0) is 20.5. The molecule has 0 aliphatic heterocycles. The predicted octanol–water partition coefficient (Wildman–Crippen LogP) is 2.15. The summed E-state index contributed by atoms with van der Waals surface area (Å²) in [6, 6.07) is 12.1. The Kier molecular flexibility index (Phi) is 7.15. The van der Waals surface area contributed by atoms with Crippen LogP contribution in [0.2, 0.25) is 0 Å². The number of benzene rings is 2. The number of amides is 3. The molecule has 8 nitrogen and oxygen atoms in total. The molecule has 0 saturated heterocycles. The molecule has 2 aromatic rings. The lowest BCUT2D eigenvalue weighted by molar-refractivity contribution is -0.151. The first kappa shape index (κ1) is 20.5. The van der Waals surface area contributed by atoms with Gasteiger partial charge < -0.3 is 19.9 Å². The highest BCUT2D eigenvalue weighted by Crippen LogP contribution is 2.26. The van der Waals surface area contributed by atoms with Gasteiger partial charge in [0.2, 0.25) is 6.10 Å².